The predicted molar refractivity (Wildman–Crippen MR) is 74.8 cm³/mol. The Bertz CT molecular complexity index is 313. The number of Topliss-reactive ketones (excluding diaryl/α,β-unsaturated/α-hetero) is 1. The molecule has 1 atom stereocenters. The Balaban J connectivity index is 0.00000256. The van der Waals surface area contributed by atoms with Gasteiger partial charge in [-0.05, 0) is 6.42 Å². The molecule has 0 aliphatic heterocycles. The lowest BCUT2D eigenvalue weighted by Crippen LogP contribution is -2.30. The Morgan fingerprint density at radius 2 is 1.82 bits per heavy atom. The summed E-state index contributed by atoms with van der Waals surface area (Å²) in [6, 6.07) is 8.97. The fourth-order valence-electron chi connectivity index (χ4n) is 1.74. The molecule has 0 aliphatic carbocycles. The zero-order valence-electron chi connectivity index (χ0n) is 10.4. The molecular weight excluding hydrogens is 234 g/mol. The van der Waals surface area contributed by atoms with E-state index >= 15 is 0 Å². The maximum Gasteiger partial charge on any atom is 0.179 e. The summed E-state index contributed by atoms with van der Waals surface area (Å²) in [6.07, 6.45) is 5.46. The first-order chi connectivity index (χ1) is 7.75. The van der Waals surface area contributed by atoms with Gasteiger partial charge in [-0.25, -0.2) is 0 Å². The van der Waals surface area contributed by atoms with E-state index in [0.29, 0.717) is 0 Å². The molecule has 0 bridgehead atoms. The number of carbonyl (C=O) groups is 1. The normalized spacial score (nSPS) is 11.6. The van der Waals surface area contributed by atoms with Crippen molar-refractivity contribution in [3.8, 4) is 0 Å². The van der Waals surface area contributed by atoms with E-state index in [1.54, 1.807) is 0 Å². The molecule has 0 aromatic heterocycles. The van der Waals surface area contributed by atoms with E-state index in [9.17, 15) is 4.79 Å². The molecule has 0 unspecified atom stereocenters. The van der Waals surface area contributed by atoms with Gasteiger partial charge in [0.15, 0.2) is 5.78 Å². The Morgan fingerprint density at radius 1 is 1.18 bits per heavy atom. The maximum absolute atomic E-state index is 11.9. The van der Waals surface area contributed by atoms with Gasteiger partial charge in [0, 0.05) is 5.56 Å². The van der Waals surface area contributed by atoms with E-state index in [1.807, 2.05) is 30.3 Å². The third kappa shape index (κ3) is 5.85. The van der Waals surface area contributed by atoms with E-state index in [-0.39, 0.29) is 24.2 Å². The summed E-state index contributed by atoms with van der Waals surface area (Å²) < 4.78 is 0. The number of carbonyl (C=O) groups excluding carboxylic acids is 1. The number of hydrogen-bond donors (Lipinski definition) is 1. The smallest absolute Gasteiger partial charge is 0.179 e. The molecule has 0 amide bonds. The molecule has 0 fully saturated rings. The summed E-state index contributed by atoms with van der Waals surface area (Å²) in [5.41, 5.74) is 6.61. The number of nitrogens with two attached hydrogens (primary N) is 1. The van der Waals surface area contributed by atoms with Crippen LogP contribution < -0.4 is 5.73 Å². The number of unbranched alkanes of at least 4 members (excludes halogenated alkanes) is 3. The Labute approximate surface area is 110 Å². The zero-order chi connectivity index (χ0) is 11.8. The first-order valence-electron chi connectivity index (χ1n) is 6.10. The number of halogens is 1. The minimum atomic E-state index is -0.334. The van der Waals surface area contributed by atoms with Gasteiger partial charge in [-0.3, -0.25) is 4.79 Å². The molecule has 3 heteroatoms. The molecular formula is C14H22ClNO. The largest absolute Gasteiger partial charge is 0.321 e. The van der Waals surface area contributed by atoms with Gasteiger partial charge in [0.05, 0.1) is 6.04 Å². The average Bonchev–Trinajstić information content (AvgIpc) is 2.34. The lowest BCUT2D eigenvalue weighted by Gasteiger charge is -2.10. The van der Waals surface area contributed by atoms with Crippen LogP contribution >= 0.6 is 12.4 Å². The van der Waals surface area contributed by atoms with Gasteiger partial charge in [0.25, 0.3) is 0 Å². The lowest BCUT2D eigenvalue weighted by atomic mass is 9.99. The van der Waals surface area contributed by atoms with Crippen LogP contribution in [0.1, 0.15) is 49.4 Å². The highest BCUT2D eigenvalue weighted by atomic mass is 35.5. The minimum absolute atomic E-state index is 0. The molecule has 0 aliphatic rings. The zero-order valence-corrected chi connectivity index (χ0v) is 11.2. The number of hydrogen-bond acceptors (Lipinski definition) is 2. The van der Waals surface area contributed by atoms with E-state index in [4.69, 9.17) is 5.73 Å². The Kier molecular flexibility index (Phi) is 8.73. The Hall–Kier alpha value is -0.860. The predicted octanol–water partition coefficient (Wildman–Crippen LogP) is 3.59. The standard InChI is InChI=1S/C14H21NO.ClH/c1-2-3-4-8-11-13(15)14(16)12-9-6-5-7-10-12;/h5-7,9-10,13H,2-4,8,11,15H2,1H3;1H/t13-;/m0./s1. The van der Waals surface area contributed by atoms with Crippen LogP contribution in [-0.2, 0) is 0 Å². The highest BCUT2D eigenvalue weighted by Gasteiger charge is 2.14. The monoisotopic (exact) mass is 255 g/mol. The molecule has 0 radical (unpaired) electrons. The van der Waals surface area contributed by atoms with Crippen LogP contribution in [0.25, 0.3) is 0 Å². The van der Waals surface area contributed by atoms with Crippen molar-refractivity contribution in [1.29, 1.82) is 0 Å². The van der Waals surface area contributed by atoms with Crippen molar-refractivity contribution < 1.29 is 4.79 Å². The van der Waals surface area contributed by atoms with Crippen molar-refractivity contribution in [1.82, 2.24) is 0 Å². The number of ketones is 1. The number of benzene rings is 1. The molecule has 2 N–H and O–H groups in total. The highest BCUT2D eigenvalue weighted by molar-refractivity contribution is 5.99. The number of rotatable bonds is 7. The van der Waals surface area contributed by atoms with Crippen molar-refractivity contribution in [2.45, 2.75) is 45.1 Å². The topological polar surface area (TPSA) is 43.1 Å². The lowest BCUT2D eigenvalue weighted by molar-refractivity contribution is 0.0956. The van der Waals surface area contributed by atoms with Crippen LogP contribution in [0.4, 0.5) is 0 Å². The van der Waals surface area contributed by atoms with Gasteiger partial charge in [-0.15, -0.1) is 12.4 Å². The van der Waals surface area contributed by atoms with E-state index < -0.39 is 0 Å². The van der Waals surface area contributed by atoms with Gasteiger partial charge in [-0.1, -0.05) is 62.9 Å². The first kappa shape index (κ1) is 16.1. The van der Waals surface area contributed by atoms with Crippen LogP contribution in [0.2, 0.25) is 0 Å². The van der Waals surface area contributed by atoms with Crippen molar-refractivity contribution in [2.24, 2.45) is 5.73 Å². The van der Waals surface area contributed by atoms with Gasteiger partial charge in [0.1, 0.15) is 0 Å². The van der Waals surface area contributed by atoms with E-state index in [0.717, 1.165) is 18.4 Å². The summed E-state index contributed by atoms with van der Waals surface area (Å²) in [5.74, 6) is 0.0668. The molecule has 1 rings (SSSR count). The van der Waals surface area contributed by atoms with Gasteiger partial charge < -0.3 is 5.73 Å². The van der Waals surface area contributed by atoms with E-state index in [2.05, 4.69) is 6.92 Å². The van der Waals surface area contributed by atoms with Crippen LogP contribution in [0.5, 0.6) is 0 Å². The fraction of sp³-hybridized carbons (Fsp3) is 0.500. The summed E-state index contributed by atoms with van der Waals surface area (Å²) in [5, 5.41) is 0. The summed E-state index contributed by atoms with van der Waals surface area (Å²) in [6.45, 7) is 2.18. The van der Waals surface area contributed by atoms with Crippen molar-refractivity contribution >= 4 is 18.2 Å². The SMILES string of the molecule is CCCCCC[C@H](N)C(=O)c1ccccc1.Cl. The third-order valence-corrected chi connectivity index (χ3v) is 2.76. The second-order valence-electron chi connectivity index (χ2n) is 4.19. The minimum Gasteiger partial charge on any atom is -0.321 e. The van der Waals surface area contributed by atoms with Crippen LogP contribution in [0.15, 0.2) is 30.3 Å². The van der Waals surface area contributed by atoms with Gasteiger partial charge >= 0.3 is 0 Å². The summed E-state index contributed by atoms with van der Waals surface area (Å²) >= 11 is 0. The van der Waals surface area contributed by atoms with Crippen molar-refractivity contribution in [3.05, 3.63) is 35.9 Å². The third-order valence-electron chi connectivity index (χ3n) is 2.76. The second-order valence-corrected chi connectivity index (χ2v) is 4.19. The summed E-state index contributed by atoms with van der Waals surface area (Å²) in [4.78, 5) is 11.9. The molecule has 2 nitrogen and oxygen atoms in total. The quantitative estimate of drug-likeness (QED) is 0.598. The van der Waals surface area contributed by atoms with Crippen LogP contribution in [0.3, 0.4) is 0 Å². The highest BCUT2D eigenvalue weighted by Crippen LogP contribution is 2.09. The van der Waals surface area contributed by atoms with Crippen molar-refractivity contribution in [2.75, 3.05) is 0 Å². The first-order valence-corrected chi connectivity index (χ1v) is 6.10. The van der Waals surface area contributed by atoms with Gasteiger partial charge in [-0.2, -0.15) is 0 Å². The molecule has 17 heavy (non-hydrogen) atoms. The molecule has 0 heterocycles. The van der Waals surface area contributed by atoms with E-state index in [1.165, 1.54) is 19.3 Å². The maximum atomic E-state index is 11.9. The fourth-order valence-corrected chi connectivity index (χ4v) is 1.74. The molecule has 0 spiro atoms. The summed E-state index contributed by atoms with van der Waals surface area (Å²) in [7, 11) is 0. The average molecular weight is 256 g/mol. The van der Waals surface area contributed by atoms with Gasteiger partial charge in [0.2, 0.25) is 0 Å². The Morgan fingerprint density at radius 3 is 2.41 bits per heavy atom. The van der Waals surface area contributed by atoms with Crippen LogP contribution in [-0.4, -0.2) is 11.8 Å². The van der Waals surface area contributed by atoms with Crippen molar-refractivity contribution in [3.63, 3.8) is 0 Å². The molecule has 1 aromatic carbocycles. The second kappa shape index (κ2) is 9.20. The van der Waals surface area contributed by atoms with Crippen LogP contribution in [0, 0.1) is 0 Å². The molecule has 96 valence electrons. The molecule has 1 aromatic rings. The molecule has 0 saturated heterocycles. The molecule has 0 saturated carbocycles.